The van der Waals surface area contributed by atoms with Gasteiger partial charge in [-0.2, -0.15) is 0 Å². The van der Waals surface area contributed by atoms with Gasteiger partial charge in [-0.05, 0) is 47.4 Å². The van der Waals surface area contributed by atoms with Crippen molar-refractivity contribution in [1.82, 2.24) is 4.57 Å². The molecule has 0 atom stereocenters. The third kappa shape index (κ3) is 3.68. The largest absolute Gasteiger partial charge is 0.497 e. The molecule has 0 bridgehead atoms. The normalized spacial score (nSPS) is 10.9. The second-order valence-corrected chi connectivity index (χ2v) is 6.71. The van der Waals surface area contributed by atoms with Crippen LogP contribution >= 0.6 is 0 Å². The maximum Gasteiger partial charge on any atom is 0.129 e. The first-order valence-electron chi connectivity index (χ1n) is 9.11. The van der Waals surface area contributed by atoms with E-state index in [0.29, 0.717) is 6.61 Å². The zero-order valence-electron chi connectivity index (χ0n) is 15.7. The number of methoxy groups -OCH3 is 1. The lowest BCUT2D eigenvalue weighted by Crippen LogP contribution is -1.96. The molecule has 0 spiro atoms. The van der Waals surface area contributed by atoms with Crippen LogP contribution in [0.2, 0.25) is 0 Å². The third-order valence-electron chi connectivity index (χ3n) is 4.85. The van der Waals surface area contributed by atoms with E-state index in [1.54, 1.807) is 7.11 Å². The van der Waals surface area contributed by atoms with E-state index in [2.05, 4.69) is 60.3 Å². The van der Waals surface area contributed by atoms with Gasteiger partial charge < -0.3 is 14.0 Å². The first-order chi connectivity index (χ1) is 13.2. The molecule has 0 aliphatic heterocycles. The Hall–Kier alpha value is -3.20. The van der Waals surface area contributed by atoms with Crippen LogP contribution in [-0.2, 0) is 20.1 Å². The molecule has 3 aromatic carbocycles. The van der Waals surface area contributed by atoms with Crippen molar-refractivity contribution in [3.63, 3.8) is 0 Å². The van der Waals surface area contributed by atoms with Gasteiger partial charge in [-0.15, -0.1) is 0 Å². The number of nitrogens with zero attached hydrogens (tertiary/aromatic N) is 1. The van der Waals surface area contributed by atoms with Gasteiger partial charge in [0.15, 0.2) is 0 Å². The summed E-state index contributed by atoms with van der Waals surface area (Å²) >= 11 is 0. The van der Waals surface area contributed by atoms with Gasteiger partial charge in [0.05, 0.1) is 12.6 Å². The molecular formula is C24H23NO2. The Morgan fingerprint density at radius 2 is 1.59 bits per heavy atom. The first kappa shape index (κ1) is 17.2. The van der Waals surface area contributed by atoms with Gasteiger partial charge in [0, 0.05) is 18.6 Å². The summed E-state index contributed by atoms with van der Waals surface area (Å²) in [6.07, 6.45) is 3.05. The highest BCUT2D eigenvalue weighted by molar-refractivity contribution is 5.90. The van der Waals surface area contributed by atoms with Gasteiger partial charge in [-0.1, -0.05) is 48.5 Å². The Morgan fingerprint density at radius 1 is 0.815 bits per heavy atom. The van der Waals surface area contributed by atoms with E-state index in [1.807, 2.05) is 30.3 Å². The molecule has 0 unspecified atom stereocenters. The fraction of sp³-hybridized carbons (Fsp3) is 0.167. The zero-order chi connectivity index (χ0) is 18.6. The molecule has 1 heterocycles. The highest BCUT2D eigenvalue weighted by Gasteiger charge is 2.13. The summed E-state index contributed by atoms with van der Waals surface area (Å²) in [4.78, 5) is 0. The van der Waals surface area contributed by atoms with Gasteiger partial charge in [-0.3, -0.25) is 0 Å². The smallest absolute Gasteiger partial charge is 0.129 e. The van der Waals surface area contributed by atoms with Gasteiger partial charge in [0.25, 0.3) is 0 Å². The van der Waals surface area contributed by atoms with Crippen LogP contribution in [0.1, 0.15) is 16.7 Å². The molecule has 0 radical (unpaired) electrons. The van der Waals surface area contributed by atoms with E-state index in [4.69, 9.17) is 9.47 Å². The second kappa shape index (κ2) is 7.58. The second-order valence-electron chi connectivity index (χ2n) is 6.71. The van der Waals surface area contributed by atoms with E-state index in [0.717, 1.165) is 17.9 Å². The van der Waals surface area contributed by atoms with Crippen LogP contribution in [0.15, 0.2) is 79.0 Å². The lowest BCUT2D eigenvalue weighted by molar-refractivity contribution is 0.310. The number of hydrogen-bond donors (Lipinski definition) is 0. The van der Waals surface area contributed by atoms with Crippen molar-refractivity contribution in [2.75, 3.05) is 7.11 Å². The molecule has 136 valence electrons. The summed E-state index contributed by atoms with van der Waals surface area (Å²) < 4.78 is 13.6. The summed E-state index contributed by atoms with van der Waals surface area (Å²) in [5.41, 5.74) is 4.87. The molecule has 0 saturated heterocycles. The SMILES string of the molecule is COc1ccc(Cc2cn(C)c3cccc(OCc4ccccc4)c23)cc1. The van der Waals surface area contributed by atoms with Crippen molar-refractivity contribution in [2.24, 2.45) is 7.05 Å². The Bertz CT molecular complexity index is 1030. The topological polar surface area (TPSA) is 23.4 Å². The van der Waals surface area contributed by atoms with E-state index in [9.17, 15) is 0 Å². The minimum Gasteiger partial charge on any atom is -0.497 e. The molecule has 0 N–H and O–H groups in total. The van der Waals surface area contributed by atoms with Crippen molar-refractivity contribution in [2.45, 2.75) is 13.0 Å². The van der Waals surface area contributed by atoms with Gasteiger partial charge in [-0.25, -0.2) is 0 Å². The molecule has 0 fully saturated rings. The Kier molecular flexibility index (Phi) is 4.84. The molecule has 4 aromatic rings. The van der Waals surface area contributed by atoms with Crippen molar-refractivity contribution in [3.05, 3.63) is 95.7 Å². The Balaban J connectivity index is 1.66. The molecule has 0 amide bonds. The fourth-order valence-corrected chi connectivity index (χ4v) is 3.46. The number of aryl methyl sites for hydroxylation is 1. The number of benzene rings is 3. The quantitative estimate of drug-likeness (QED) is 0.464. The predicted octanol–water partition coefficient (Wildman–Crippen LogP) is 5.36. The molecule has 27 heavy (non-hydrogen) atoms. The monoisotopic (exact) mass is 357 g/mol. The lowest BCUT2D eigenvalue weighted by atomic mass is 10.0. The summed E-state index contributed by atoms with van der Waals surface area (Å²) in [5.74, 6) is 1.81. The minimum atomic E-state index is 0.566. The predicted molar refractivity (Wildman–Crippen MR) is 109 cm³/mol. The third-order valence-corrected chi connectivity index (χ3v) is 4.85. The molecule has 0 aliphatic carbocycles. The summed E-state index contributed by atoms with van der Waals surface area (Å²) in [5, 5.41) is 1.19. The van der Waals surface area contributed by atoms with E-state index in [1.165, 1.54) is 27.6 Å². The Labute approximate surface area is 159 Å². The summed E-state index contributed by atoms with van der Waals surface area (Å²) in [7, 11) is 3.77. The van der Waals surface area contributed by atoms with Crippen LogP contribution in [0.25, 0.3) is 10.9 Å². The molecular weight excluding hydrogens is 334 g/mol. The zero-order valence-corrected chi connectivity index (χ0v) is 15.7. The van der Waals surface area contributed by atoms with Crippen LogP contribution in [-0.4, -0.2) is 11.7 Å². The van der Waals surface area contributed by atoms with Gasteiger partial charge in [0.2, 0.25) is 0 Å². The molecule has 3 nitrogen and oxygen atoms in total. The molecule has 4 rings (SSSR count). The maximum absolute atomic E-state index is 6.20. The fourth-order valence-electron chi connectivity index (χ4n) is 3.46. The van der Waals surface area contributed by atoms with Crippen LogP contribution in [0.4, 0.5) is 0 Å². The van der Waals surface area contributed by atoms with Crippen LogP contribution in [0.5, 0.6) is 11.5 Å². The highest BCUT2D eigenvalue weighted by atomic mass is 16.5. The summed E-state index contributed by atoms with van der Waals surface area (Å²) in [6.45, 7) is 0.566. The number of aromatic nitrogens is 1. The van der Waals surface area contributed by atoms with Crippen molar-refractivity contribution < 1.29 is 9.47 Å². The highest BCUT2D eigenvalue weighted by Crippen LogP contribution is 2.32. The van der Waals surface area contributed by atoms with E-state index in [-0.39, 0.29) is 0 Å². The van der Waals surface area contributed by atoms with Crippen molar-refractivity contribution >= 4 is 10.9 Å². The average Bonchev–Trinajstić information content (AvgIpc) is 3.04. The van der Waals surface area contributed by atoms with Crippen LogP contribution in [0, 0.1) is 0 Å². The maximum atomic E-state index is 6.20. The van der Waals surface area contributed by atoms with Gasteiger partial charge in [0.1, 0.15) is 18.1 Å². The standard InChI is InChI=1S/C24H23NO2/c1-25-16-20(15-18-11-13-21(26-2)14-12-18)24-22(25)9-6-10-23(24)27-17-19-7-4-3-5-8-19/h3-14,16H,15,17H2,1-2H3. The number of rotatable bonds is 6. The van der Waals surface area contributed by atoms with E-state index >= 15 is 0 Å². The van der Waals surface area contributed by atoms with Crippen molar-refractivity contribution in [3.8, 4) is 11.5 Å². The van der Waals surface area contributed by atoms with Gasteiger partial charge >= 0.3 is 0 Å². The molecule has 0 saturated carbocycles. The molecule has 1 aromatic heterocycles. The number of hydrogen-bond acceptors (Lipinski definition) is 2. The number of fused-ring (bicyclic) bond motifs is 1. The molecule has 3 heteroatoms. The van der Waals surface area contributed by atoms with Crippen LogP contribution < -0.4 is 9.47 Å². The Morgan fingerprint density at radius 3 is 2.33 bits per heavy atom. The average molecular weight is 357 g/mol. The first-order valence-corrected chi connectivity index (χ1v) is 9.11. The van der Waals surface area contributed by atoms with E-state index < -0.39 is 0 Å². The lowest BCUT2D eigenvalue weighted by Gasteiger charge is -2.10. The van der Waals surface area contributed by atoms with Crippen molar-refractivity contribution in [1.29, 1.82) is 0 Å². The minimum absolute atomic E-state index is 0.566. The number of ether oxygens (including phenoxy) is 2. The summed E-state index contributed by atoms with van der Waals surface area (Å²) in [6, 6.07) is 24.8. The molecule has 0 aliphatic rings. The van der Waals surface area contributed by atoms with Crippen LogP contribution in [0.3, 0.4) is 0 Å².